The molecule has 3 rings (SSSR count). The molecule has 3 nitrogen and oxygen atoms in total. The Morgan fingerprint density at radius 3 is 2.33 bits per heavy atom. The number of rotatable bonds is 4. The van der Waals surface area contributed by atoms with Gasteiger partial charge in [0.2, 0.25) is 0 Å². The maximum absolute atomic E-state index is 6.45. The van der Waals surface area contributed by atoms with E-state index in [1.54, 1.807) is 0 Å². The van der Waals surface area contributed by atoms with Crippen LogP contribution in [-0.4, -0.2) is 34.7 Å². The molecule has 0 unspecified atom stereocenters. The fourth-order valence-corrected chi connectivity index (χ4v) is 3.76. The van der Waals surface area contributed by atoms with E-state index in [0.717, 1.165) is 29.3 Å². The fraction of sp³-hybridized carbons (Fsp3) is 0.381. The summed E-state index contributed by atoms with van der Waals surface area (Å²) in [6.45, 7) is 7.82. The number of benzene rings is 2. The van der Waals surface area contributed by atoms with Crippen LogP contribution in [0.25, 0.3) is 0 Å². The summed E-state index contributed by atoms with van der Waals surface area (Å²) < 4.78 is 6.43. The molecule has 1 heterocycles. The van der Waals surface area contributed by atoms with Gasteiger partial charge in [0.1, 0.15) is 6.10 Å². The zero-order chi connectivity index (χ0) is 19.6. The van der Waals surface area contributed by atoms with Crippen LogP contribution in [0.3, 0.4) is 0 Å². The van der Waals surface area contributed by atoms with E-state index in [1.165, 1.54) is 0 Å². The maximum Gasteiger partial charge on any atom is 0.169 e. The standard InChI is InChI=1S/C21H24Cl2N2OS/c1-21(2,3)24-20(27)25-12-16(13-25)26-19(14-8-10-15(22)11-9-14)17-6-4-5-7-18(17)23/h4-11,16,19H,12-13H2,1-3H3,(H,24,27)/t19-/m1/s1. The molecule has 2 aromatic carbocycles. The van der Waals surface area contributed by atoms with Crippen LogP contribution in [0.5, 0.6) is 0 Å². The molecule has 0 radical (unpaired) electrons. The topological polar surface area (TPSA) is 24.5 Å². The van der Waals surface area contributed by atoms with Crippen LogP contribution >= 0.6 is 35.4 Å². The molecule has 0 spiro atoms. The number of ether oxygens (including phenoxy) is 1. The molecular weight excluding hydrogens is 399 g/mol. The molecule has 144 valence electrons. The number of likely N-dealkylation sites (tertiary alicyclic amines) is 1. The van der Waals surface area contributed by atoms with Gasteiger partial charge in [-0.05, 0) is 56.8 Å². The summed E-state index contributed by atoms with van der Waals surface area (Å²) in [5.74, 6) is 0. The molecule has 1 fully saturated rings. The Morgan fingerprint density at radius 2 is 1.74 bits per heavy atom. The Kier molecular flexibility index (Phi) is 6.32. The first-order valence-electron chi connectivity index (χ1n) is 8.95. The van der Waals surface area contributed by atoms with E-state index in [2.05, 4.69) is 31.0 Å². The predicted octanol–water partition coefficient (Wildman–Crippen LogP) is 5.46. The summed E-state index contributed by atoms with van der Waals surface area (Å²) in [4.78, 5) is 2.12. The first kappa shape index (κ1) is 20.4. The Bertz CT molecular complexity index is 799. The van der Waals surface area contributed by atoms with Crippen molar-refractivity contribution in [3.63, 3.8) is 0 Å². The van der Waals surface area contributed by atoms with Crippen molar-refractivity contribution in [2.24, 2.45) is 0 Å². The molecular formula is C21H24Cl2N2OS. The lowest BCUT2D eigenvalue weighted by Crippen LogP contribution is -2.60. The molecule has 0 aromatic heterocycles. The largest absolute Gasteiger partial charge is 0.362 e. The SMILES string of the molecule is CC(C)(C)NC(=S)N1CC(O[C@H](c2ccc(Cl)cc2)c2ccccc2Cl)C1. The molecule has 0 aliphatic carbocycles. The lowest BCUT2D eigenvalue weighted by Gasteiger charge is -2.43. The summed E-state index contributed by atoms with van der Waals surface area (Å²) in [7, 11) is 0. The Balaban J connectivity index is 1.72. The molecule has 1 aliphatic rings. The molecule has 2 aromatic rings. The second-order valence-corrected chi connectivity index (χ2v) is 9.03. The van der Waals surface area contributed by atoms with E-state index >= 15 is 0 Å². The normalized spacial score (nSPS) is 16.0. The molecule has 27 heavy (non-hydrogen) atoms. The minimum Gasteiger partial charge on any atom is -0.362 e. The molecule has 6 heteroatoms. The fourth-order valence-electron chi connectivity index (χ4n) is 2.94. The molecule has 0 saturated carbocycles. The van der Waals surface area contributed by atoms with Crippen molar-refractivity contribution in [1.29, 1.82) is 0 Å². The van der Waals surface area contributed by atoms with E-state index < -0.39 is 0 Å². The van der Waals surface area contributed by atoms with Crippen molar-refractivity contribution in [1.82, 2.24) is 10.2 Å². The van der Waals surface area contributed by atoms with Crippen LogP contribution in [0, 0.1) is 0 Å². The van der Waals surface area contributed by atoms with Gasteiger partial charge in [-0.3, -0.25) is 0 Å². The second-order valence-electron chi connectivity index (χ2n) is 7.80. The van der Waals surface area contributed by atoms with Crippen molar-refractivity contribution in [2.45, 2.75) is 38.5 Å². The summed E-state index contributed by atoms with van der Waals surface area (Å²) in [5, 5.41) is 5.50. The highest BCUT2D eigenvalue weighted by Crippen LogP contribution is 2.34. The van der Waals surface area contributed by atoms with Gasteiger partial charge in [0.05, 0.1) is 6.10 Å². The van der Waals surface area contributed by atoms with E-state index in [0.29, 0.717) is 10.0 Å². The number of hydrogen-bond donors (Lipinski definition) is 1. The average Bonchev–Trinajstić information content (AvgIpc) is 2.54. The number of halogens is 2. The Hall–Kier alpha value is -1.33. The quantitative estimate of drug-likeness (QED) is 0.661. The van der Waals surface area contributed by atoms with Crippen LogP contribution in [0.4, 0.5) is 0 Å². The van der Waals surface area contributed by atoms with E-state index in [1.807, 2.05) is 48.5 Å². The first-order valence-corrected chi connectivity index (χ1v) is 10.1. The third-order valence-electron chi connectivity index (χ3n) is 4.31. The summed E-state index contributed by atoms with van der Waals surface area (Å²) in [5.41, 5.74) is 1.93. The molecule has 1 aliphatic heterocycles. The molecule has 1 atom stereocenters. The zero-order valence-electron chi connectivity index (χ0n) is 15.7. The van der Waals surface area contributed by atoms with Crippen LogP contribution in [-0.2, 0) is 4.74 Å². The third kappa shape index (κ3) is 5.35. The van der Waals surface area contributed by atoms with Gasteiger partial charge >= 0.3 is 0 Å². The van der Waals surface area contributed by atoms with Crippen molar-refractivity contribution >= 4 is 40.5 Å². The number of thiocarbonyl (C=S) groups is 1. The predicted molar refractivity (Wildman–Crippen MR) is 117 cm³/mol. The summed E-state index contributed by atoms with van der Waals surface area (Å²) in [6, 6.07) is 15.5. The second kappa shape index (κ2) is 8.36. The van der Waals surface area contributed by atoms with Crippen LogP contribution in [0.15, 0.2) is 48.5 Å². The van der Waals surface area contributed by atoms with Gasteiger partial charge < -0.3 is 15.0 Å². The minimum absolute atomic E-state index is 0.0492. The highest BCUT2D eigenvalue weighted by Gasteiger charge is 2.33. The molecule has 1 saturated heterocycles. The van der Waals surface area contributed by atoms with Crippen molar-refractivity contribution in [3.8, 4) is 0 Å². The maximum atomic E-state index is 6.45. The van der Waals surface area contributed by atoms with Crippen molar-refractivity contribution < 1.29 is 4.74 Å². The summed E-state index contributed by atoms with van der Waals surface area (Å²) in [6.07, 6.45) is -0.158. The van der Waals surface area contributed by atoms with E-state index in [4.69, 9.17) is 40.2 Å². The number of nitrogens with zero attached hydrogens (tertiary/aromatic N) is 1. The van der Waals surface area contributed by atoms with E-state index in [9.17, 15) is 0 Å². The van der Waals surface area contributed by atoms with Gasteiger partial charge in [-0.2, -0.15) is 0 Å². The lowest BCUT2D eigenvalue weighted by molar-refractivity contribution is -0.0576. The van der Waals surface area contributed by atoms with Crippen LogP contribution in [0.1, 0.15) is 38.0 Å². The van der Waals surface area contributed by atoms with Gasteiger partial charge in [0.15, 0.2) is 5.11 Å². The van der Waals surface area contributed by atoms with Gasteiger partial charge in [-0.15, -0.1) is 0 Å². The summed E-state index contributed by atoms with van der Waals surface area (Å²) >= 11 is 18.0. The van der Waals surface area contributed by atoms with Crippen molar-refractivity contribution in [2.75, 3.05) is 13.1 Å². The average molecular weight is 423 g/mol. The molecule has 1 N–H and O–H groups in total. The number of nitrogens with one attached hydrogen (secondary N) is 1. The molecule has 0 amide bonds. The Morgan fingerprint density at radius 1 is 1.11 bits per heavy atom. The van der Waals surface area contributed by atoms with Gasteiger partial charge in [-0.1, -0.05) is 53.5 Å². The van der Waals surface area contributed by atoms with Crippen molar-refractivity contribution in [3.05, 3.63) is 69.7 Å². The van der Waals surface area contributed by atoms with Gasteiger partial charge in [-0.25, -0.2) is 0 Å². The van der Waals surface area contributed by atoms with E-state index in [-0.39, 0.29) is 17.7 Å². The highest BCUT2D eigenvalue weighted by molar-refractivity contribution is 7.80. The van der Waals surface area contributed by atoms with Crippen LogP contribution < -0.4 is 5.32 Å². The number of hydrogen-bond acceptors (Lipinski definition) is 2. The lowest BCUT2D eigenvalue weighted by atomic mass is 10.0. The third-order valence-corrected chi connectivity index (χ3v) is 5.26. The smallest absolute Gasteiger partial charge is 0.169 e. The zero-order valence-corrected chi connectivity index (χ0v) is 18.0. The van der Waals surface area contributed by atoms with Gasteiger partial charge in [0, 0.05) is 34.2 Å². The minimum atomic E-state index is -0.243. The monoisotopic (exact) mass is 422 g/mol. The highest BCUT2D eigenvalue weighted by atomic mass is 35.5. The van der Waals surface area contributed by atoms with Crippen LogP contribution in [0.2, 0.25) is 10.0 Å². The first-order chi connectivity index (χ1) is 12.7. The molecule has 0 bridgehead atoms. The Labute approximate surface area is 176 Å². The van der Waals surface area contributed by atoms with Gasteiger partial charge in [0.25, 0.3) is 0 Å².